The fraction of sp³-hybridized carbons (Fsp3) is 0.471. The van der Waals surface area contributed by atoms with Gasteiger partial charge in [-0.2, -0.15) is 0 Å². The molecule has 2 aromatic rings. The van der Waals surface area contributed by atoms with Crippen LogP contribution in [0.5, 0.6) is 0 Å². The van der Waals surface area contributed by atoms with Crippen LogP contribution in [0.3, 0.4) is 0 Å². The van der Waals surface area contributed by atoms with Crippen molar-refractivity contribution in [2.24, 2.45) is 5.92 Å². The summed E-state index contributed by atoms with van der Waals surface area (Å²) in [7, 11) is -3.67. The molecule has 2 heterocycles. The molecule has 6 nitrogen and oxygen atoms in total. The van der Waals surface area contributed by atoms with Crippen LogP contribution in [0.4, 0.5) is 10.1 Å². The predicted molar refractivity (Wildman–Crippen MR) is 106 cm³/mol. The molecule has 0 aliphatic carbocycles. The summed E-state index contributed by atoms with van der Waals surface area (Å²) in [6, 6.07) is 2.21. The largest absolute Gasteiger partial charge is 0.282 e. The Morgan fingerprint density at radius 1 is 1.19 bits per heavy atom. The fourth-order valence-corrected chi connectivity index (χ4v) is 5.30. The van der Waals surface area contributed by atoms with E-state index in [0.717, 1.165) is 18.9 Å². The van der Waals surface area contributed by atoms with Gasteiger partial charge in [0.1, 0.15) is 11.0 Å². The maximum atomic E-state index is 14.6. The maximum Gasteiger partial charge on any atom is 0.276 e. The van der Waals surface area contributed by atoms with Crippen LogP contribution in [-0.4, -0.2) is 23.5 Å². The van der Waals surface area contributed by atoms with Crippen molar-refractivity contribution in [2.75, 3.05) is 10.5 Å². The summed E-state index contributed by atoms with van der Waals surface area (Å²) in [5.41, 5.74) is -0.460. The van der Waals surface area contributed by atoms with Crippen molar-refractivity contribution in [3.63, 3.8) is 0 Å². The number of nitrogens with one attached hydrogen (secondary N) is 1. The minimum atomic E-state index is -3.67. The molecule has 1 aromatic carbocycles. The average Bonchev–Trinajstić information content (AvgIpc) is 2.81. The van der Waals surface area contributed by atoms with Crippen LogP contribution < -0.4 is 10.3 Å². The lowest BCUT2D eigenvalue weighted by Crippen LogP contribution is -2.27. The lowest BCUT2D eigenvalue weighted by Gasteiger charge is -2.17. The number of rotatable bonds is 5. The van der Waals surface area contributed by atoms with Crippen LogP contribution in [0.25, 0.3) is 11.1 Å². The molecule has 0 atom stereocenters. The highest BCUT2D eigenvalue weighted by atomic mass is 35.5. The fourth-order valence-electron chi connectivity index (χ4n) is 3.22. The molecule has 0 saturated carbocycles. The number of halogens is 3. The van der Waals surface area contributed by atoms with Crippen LogP contribution >= 0.6 is 23.2 Å². The van der Waals surface area contributed by atoms with Crippen LogP contribution in [0.2, 0.25) is 10.2 Å². The van der Waals surface area contributed by atoms with E-state index >= 15 is 0 Å². The molecule has 0 spiro atoms. The van der Waals surface area contributed by atoms with Crippen LogP contribution in [-0.2, 0) is 23.1 Å². The van der Waals surface area contributed by atoms with E-state index in [0.29, 0.717) is 13.1 Å². The van der Waals surface area contributed by atoms with Gasteiger partial charge in [0.15, 0.2) is 0 Å². The maximum absolute atomic E-state index is 14.6. The van der Waals surface area contributed by atoms with Crippen molar-refractivity contribution in [1.29, 1.82) is 0 Å². The minimum absolute atomic E-state index is 0.0111. The first-order chi connectivity index (χ1) is 12.6. The van der Waals surface area contributed by atoms with Gasteiger partial charge in [-0.25, -0.2) is 17.5 Å². The number of hydrogen-bond donors (Lipinski definition) is 1. The summed E-state index contributed by atoms with van der Waals surface area (Å²) < 4.78 is 44.5. The number of aromatic nitrogens is 2. The Labute approximate surface area is 166 Å². The number of nitrogens with zero attached hydrogens (tertiary/aromatic N) is 2. The monoisotopic (exact) mass is 435 g/mol. The van der Waals surface area contributed by atoms with E-state index in [9.17, 15) is 17.6 Å². The molecule has 0 fully saturated rings. The first kappa shape index (κ1) is 20.2. The second-order valence-corrected chi connectivity index (χ2v) is 9.55. The Balaban J connectivity index is 2.11. The van der Waals surface area contributed by atoms with E-state index in [-0.39, 0.29) is 38.7 Å². The molecule has 10 heteroatoms. The zero-order valence-corrected chi connectivity index (χ0v) is 17.3. The van der Waals surface area contributed by atoms with Gasteiger partial charge in [0, 0.05) is 18.7 Å². The number of benzene rings is 1. The smallest absolute Gasteiger partial charge is 0.276 e. The van der Waals surface area contributed by atoms with Crippen molar-refractivity contribution in [3.8, 4) is 11.1 Å². The molecule has 0 radical (unpaired) electrons. The Morgan fingerprint density at radius 3 is 2.41 bits per heavy atom. The molecule has 3 rings (SSSR count). The second-order valence-electron chi connectivity index (χ2n) is 7.01. The molecular formula is C17H20Cl2FN3O3S. The van der Waals surface area contributed by atoms with Crippen LogP contribution in [0, 0.1) is 11.7 Å². The Kier molecular flexibility index (Phi) is 5.61. The number of hydrogen-bond acceptors (Lipinski definition) is 3. The van der Waals surface area contributed by atoms with E-state index in [4.69, 9.17) is 23.2 Å². The molecule has 0 saturated heterocycles. The lowest BCUT2D eigenvalue weighted by molar-refractivity contribution is 0.356. The summed E-state index contributed by atoms with van der Waals surface area (Å²) in [5.74, 6) is -0.951. The van der Waals surface area contributed by atoms with E-state index in [1.165, 1.54) is 10.7 Å². The third kappa shape index (κ3) is 4.02. The lowest BCUT2D eigenvalue weighted by atomic mass is 10.1. The number of fused-ring (bicyclic) bond motifs is 1. The molecule has 1 aromatic heterocycles. The van der Waals surface area contributed by atoms with Gasteiger partial charge in [-0.1, -0.05) is 37.0 Å². The van der Waals surface area contributed by atoms with Gasteiger partial charge in [-0.15, -0.1) is 0 Å². The number of anilines is 1. The van der Waals surface area contributed by atoms with Gasteiger partial charge in [0.05, 0.1) is 22.0 Å². The van der Waals surface area contributed by atoms with Crippen molar-refractivity contribution >= 4 is 38.9 Å². The third-order valence-corrected chi connectivity index (χ3v) is 6.64. The standard InChI is InChI=1S/C17H20Cl2FN3O3S/c1-10(2)9-27(25,26)21-14-7-11(13(20)8-12(14)18)15-16(19)22-5-3-4-6-23(22)17(15)24/h7-8,10,21H,3-6,9H2,1-2H3. The summed E-state index contributed by atoms with van der Waals surface area (Å²) in [4.78, 5) is 12.7. The molecule has 0 unspecified atom stereocenters. The summed E-state index contributed by atoms with van der Waals surface area (Å²) in [6.45, 7) is 4.60. The number of sulfonamides is 1. The SMILES string of the molecule is CC(C)CS(=O)(=O)Nc1cc(-c2c(Cl)n3n(c2=O)CCCC3)c(F)cc1Cl. The third-order valence-electron chi connectivity index (χ3n) is 4.31. The Morgan fingerprint density at radius 2 is 1.81 bits per heavy atom. The summed E-state index contributed by atoms with van der Waals surface area (Å²) in [6.07, 6.45) is 1.71. The highest BCUT2D eigenvalue weighted by Crippen LogP contribution is 2.35. The Hall–Kier alpha value is -1.51. The van der Waals surface area contributed by atoms with Gasteiger partial charge in [0.25, 0.3) is 5.56 Å². The van der Waals surface area contributed by atoms with E-state index in [2.05, 4.69) is 4.72 Å². The molecule has 0 amide bonds. The van der Waals surface area contributed by atoms with Gasteiger partial charge >= 0.3 is 0 Å². The zero-order chi connectivity index (χ0) is 19.9. The highest BCUT2D eigenvalue weighted by Gasteiger charge is 2.25. The van der Waals surface area contributed by atoms with Crippen molar-refractivity contribution in [2.45, 2.75) is 39.8 Å². The zero-order valence-electron chi connectivity index (χ0n) is 14.9. The van der Waals surface area contributed by atoms with Crippen molar-refractivity contribution in [3.05, 3.63) is 38.5 Å². The highest BCUT2D eigenvalue weighted by molar-refractivity contribution is 7.92. The van der Waals surface area contributed by atoms with Crippen molar-refractivity contribution in [1.82, 2.24) is 9.36 Å². The average molecular weight is 436 g/mol. The molecular weight excluding hydrogens is 416 g/mol. The van der Waals surface area contributed by atoms with E-state index in [1.807, 2.05) is 0 Å². The normalized spacial score (nSPS) is 14.4. The van der Waals surface area contributed by atoms with Crippen LogP contribution in [0.15, 0.2) is 16.9 Å². The van der Waals surface area contributed by atoms with E-state index < -0.39 is 21.4 Å². The molecule has 1 aliphatic heterocycles. The minimum Gasteiger partial charge on any atom is -0.282 e. The molecule has 0 bridgehead atoms. The first-order valence-corrected chi connectivity index (χ1v) is 11.0. The topological polar surface area (TPSA) is 73.1 Å². The van der Waals surface area contributed by atoms with Gasteiger partial charge < -0.3 is 0 Å². The van der Waals surface area contributed by atoms with Gasteiger partial charge in [-0.3, -0.25) is 14.2 Å². The summed E-state index contributed by atoms with van der Waals surface area (Å²) in [5, 5.41) is 0.0423. The molecule has 27 heavy (non-hydrogen) atoms. The van der Waals surface area contributed by atoms with Crippen molar-refractivity contribution < 1.29 is 12.8 Å². The van der Waals surface area contributed by atoms with Gasteiger partial charge in [0.2, 0.25) is 10.0 Å². The molecule has 148 valence electrons. The quantitative estimate of drug-likeness (QED) is 0.772. The predicted octanol–water partition coefficient (Wildman–Crippen LogP) is 3.95. The van der Waals surface area contributed by atoms with E-state index in [1.54, 1.807) is 18.5 Å². The van der Waals surface area contributed by atoms with Crippen LogP contribution in [0.1, 0.15) is 26.7 Å². The Bertz CT molecular complexity index is 1040. The molecule has 1 aliphatic rings. The first-order valence-electron chi connectivity index (χ1n) is 8.59. The van der Waals surface area contributed by atoms with Gasteiger partial charge in [-0.05, 0) is 30.9 Å². The summed E-state index contributed by atoms with van der Waals surface area (Å²) >= 11 is 12.4. The molecule has 1 N–H and O–H groups in total. The second kappa shape index (κ2) is 7.48.